The van der Waals surface area contributed by atoms with E-state index in [0.29, 0.717) is 25.7 Å². The van der Waals surface area contributed by atoms with Crippen LogP contribution >= 0.6 is 0 Å². The number of rotatable bonds is 34. The topological polar surface area (TPSA) is 220 Å². The SMILES string of the molecule is C=CCCCCCCOC(=O)c1cccc(S(=O)(=O)[O-])c1C(=O)OCCCCCCC=C.C=CCCCCCCOC(=O)c1cccc(S(=O)(=O)[O-])c1C(=O)OCCCCCCC=C.[Ca+2]. The van der Waals surface area contributed by atoms with Crippen LogP contribution in [0.15, 0.2) is 96.8 Å². The molecule has 0 atom stereocenters. The summed E-state index contributed by atoms with van der Waals surface area (Å²) in [4.78, 5) is 48.6. The number of carbonyl (C=O) groups excluding carboxylic acids is 4. The zero-order valence-electron chi connectivity index (χ0n) is 37.8. The van der Waals surface area contributed by atoms with E-state index in [4.69, 9.17) is 18.9 Å². The van der Waals surface area contributed by atoms with Gasteiger partial charge in [-0.05, 0) is 101 Å². The minimum absolute atomic E-state index is 0. The first-order chi connectivity index (χ1) is 30.6. The second kappa shape index (κ2) is 36.5. The van der Waals surface area contributed by atoms with E-state index in [0.717, 1.165) is 115 Å². The average molecular weight is 971 g/mol. The van der Waals surface area contributed by atoms with Gasteiger partial charge in [-0.15, -0.1) is 26.3 Å². The van der Waals surface area contributed by atoms with Crippen molar-refractivity contribution in [2.45, 2.75) is 138 Å². The van der Waals surface area contributed by atoms with Crippen LogP contribution in [-0.2, 0) is 39.2 Å². The van der Waals surface area contributed by atoms with Crippen molar-refractivity contribution in [3.8, 4) is 0 Å². The summed E-state index contributed by atoms with van der Waals surface area (Å²) in [7, 11) is -9.99. The van der Waals surface area contributed by atoms with Gasteiger partial charge in [-0.1, -0.05) is 87.8 Å². The molecule has 2 aromatic rings. The summed E-state index contributed by atoms with van der Waals surface area (Å²) in [6.07, 6.45) is 24.7. The third kappa shape index (κ3) is 26.3. The van der Waals surface area contributed by atoms with Gasteiger partial charge in [0.05, 0.1) is 58.5 Å². The molecule has 0 heterocycles. The summed E-state index contributed by atoms with van der Waals surface area (Å²) in [5.41, 5.74) is -1.70. The van der Waals surface area contributed by atoms with Gasteiger partial charge in [-0.3, -0.25) is 0 Å². The summed E-state index contributed by atoms with van der Waals surface area (Å²) in [6, 6.07) is 6.95. The van der Waals surface area contributed by atoms with E-state index < -0.39 is 65.0 Å². The molecule has 356 valence electrons. The van der Waals surface area contributed by atoms with E-state index in [1.165, 1.54) is 24.3 Å². The number of unbranched alkanes of at least 4 members (excludes halogenated alkanes) is 16. The molecule has 0 radical (unpaired) electrons. The maximum absolute atomic E-state index is 12.6. The molecular weight excluding hydrogens is 905 g/mol. The molecule has 0 fully saturated rings. The summed E-state index contributed by atoms with van der Waals surface area (Å²) < 4.78 is 90.7. The summed E-state index contributed by atoms with van der Waals surface area (Å²) in [5.74, 6) is -3.78. The van der Waals surface area contributed by atoms with E-state index in [-0.39, 0.29) is 75.3 Å². The Kier molecular flexibility index (Phi) is 34.4. The Morgan fingerprint density at radius 1 is 0.415 bits per heavy atom. The number of hydrogen-bond acceptors (Lipinski definition) is 14. The third-order valence-corrected chi connectivity index (χ3v) is 11.3. The van der Waals surface area contributed by atoms with Crippen LogP contribution in [0, 0.1) is 0 Å². The monoisotopic (exact) mass is 970 g/mol. The molecule has 0 bridgehead atoms. The van der Waals surface area contributed by atoms with Crippen molar-refractivity contribution in [2.24, 2.45) is 0 Å². The van der Waals surface area contributed by atoms with E-state index >= 15 is 0 Å². The molecule has 0 saturated carbocycles. The second-order valence-electron chi connectivity index (χ2n) is 14.8. The van der Waals surface area contributed by atoms with Crippen molar-refractivity contribution < 1.29 is 64.1 Å². The maximum Gasteiger partial charge on any atom is 2.00 e. The van der Waals surface area contributed by atoms with Gasteiger partial charge in [-0.2, -0.15) is 0 Å². The fourth-order valence-electron chi connectivity index (χ4n) is 6.18. The predicted molar refractivity (Wildman–Crippen MR) is 249 cm³/mol. The van der Waals surface area contributed by atoms with Crippen LogP contribution < -0.4 is 0 Å². The van der Waals surface area contributed by atoms with Gasteiger partial charge in [0.15, 0.2) is 0 Å². The average Bonchev–Trinajstić information content (AvgIpc) is 3.26. The zero-order chi connectivity index (χ0) is 47.6. The van der Waals surface area contributed by atoms with Gasteiger partial charge in [0.25, 0.3) is 0 Å². The molecular formula is C48H66CaO14S2. The number of hydrogen-bond donors (Lipinski definition) is 0. The minimum Gasteiger partial charge on any atom is -0.744 e. The first-order valence-corrected chi connectivity index (χ1v) is 24.8. The van der Waals surface area contributed by atoms with E-state index in [1.807, 2.05) is 24.3 Å². The molecule has 0 amide bonds. The molecule has 2 aromatic carbocycles. The van der Waals surface area contributed by atoms with Crippen molar-refractivity contribution in [1.29, 1.82) is 0 Å². The summed E-state index contributed by atoms with van der Waals surface area (Å²) in [6.45, 7) is 15.0. The first kappa shape index (κ1) is 61.4. The Morgan fingerprint density at radius 2 is 0.662 bits per heavy atom. The van der Waals surface area contributed by atoms with E-state index in [2.05, 4.69) is 26.3 Å². The molecule has 14 nitrogen and oxygen atoms in total. The van der Waals surface area contributed by atoms with Crippen LogP contribution in [0.25, 0.3) is 0 Å². The van der Waals surface area contributed by atoms with Gasteiger partial charge in [0, 0.05) is 0 Å². The Labute approximate surface area is 416 Å². The fourth-order valence-corrected chi connectivity index (χ4v) is 7.55. The number of benzene rings is 2. The van der Waals surface area contributed by atoms with Gasteiger partial charge >= 0.3 is 61.6 Å². The maximum atomic E-state index is 12.6. The van der Waals surface area contributed by atoms with E-state index in [1.54, 1.807) is 0 Å². The Hall–Kier alpha value is -3.64. The Bertz CT molecular complexity index is 1870. The van der Waals surface area contributed by atoms with Crippen molar-refractivity contribution >= 4 is 81.9 Å². The third-order valence-electron chi connectivity index (χ3n) is 9.58. The zero-order valence-corrected chi connectivity index (χ0v) is 41.7. The normalized spacial score (nSPS) is 10.9. The molecule has 0 unspecified atom stereocenters. The molecule has 0 saturated heterocycles. The van der Waals surface area contributed by atoms with Crippen LogP contribution in [0.3, 0.4) is 0 Å². The number of carbonyl (C=O) groups is 4. The molecule has 0 aliphatic rings. The molecule has 0 aliphatic heterocycles. The van der Waals surface area contributed by atoms with E-state index in [9.17, 15) is 45.1 Å². The van der Waals surface area contributed by atoms with Crippen molar-refractivity contribution in [3.63, 3.8) is 0 Å². The quantitative estimate of drug-likeness (QED) is 0.0159. The molecule has 65 heavy (non-hydrogen) atoms. The van der Waals surface area contributed by atoms with Crippen LogP contribution in [-0.4, -0.2) is 114 Å². The fraction of sp³-hybridized carbons (Fsp3) is 0.500. The smallest absolute Gasteiger partial charge is 0.744 e. The molecule has 0 aromatic heterocycles. The summed E-state index contributed by atoms with van der Waals surface area (Å²) >= 11 is 0. The summed E-state index contributed by atoms with van der Waals surface area (Å²) in [5, 5.41) is 0. The number of allylic oxidation sites excluding steroid dienone is 4. The van der Waals surface area contributed by atoms with Gasteiger partial charge in [0.1, 0.15) is 20.2 Å². The molecule has 0 aliphatic carbocycles. The second-order valence-corrected chi connectivity index (χ2v) is 17.5. The number of esters is 4. The molecule has 0 N–H and O–H groups in total. The largest absolute Gasteiger partial charge is 2.00 e. The Morgan fingerprint density at radius 3 is 0.908 bits per heavy atom. The van der Waals surface area contributed by atoms with Crippen LogP contribution in [0.5, 0.6) is 0 Å². The first-order valence-electron chi connectivity index (χ1n) is 21.9. The van der Waals surface area contributed by atoms with Crippen molar-refractivity contribution in [2.75, 3.05) is 26.4 Å². The molecule has 17 heteroatoms. The van der Waals surface area contributed by atoms with Gasteiger partial charge in [0.2, 0.25) is 0 Å². The molecule has 2 rings (SSSR count). The Balaban J connectivity index is 0.00000124. The van der Waals surface area contributed by atoms with Crippen LogP contribution in [0.2, 0.25) is 0 Å². The van der Waals surface area contributed by atoms with Crippen molar-refractivity contribution in [1.82, 2.24) is 0 Å². The molecule has 0 spiro atoms. The standard InChI is InChI=1S/2C24H34O7S.Ca/c2*1-3-5-7-9-11-13-18-30-23(25)20-16-15-17-21(32(27,28)29)22(20)24(26)31-19-14-12-10-8-6-4-2;/h2*3-4,15-17H,1-2,5-14,18-19H2,(H,27,28,29);/q;;+2/p-2. The van der Waals surface area contributed by atoms with Gasteiger partial charge in [-0.25, -0.2) is 36.0 Å². The van der Waals surface area contributed by atoms with Crippen LogP contribution in [0.4, 0.5) is 0 Å². The van der Waals surface area contributed by atoms with Gasteiger partial charge < -0.3 is 28.1 Å². The number of ether oxygens (including phenoxy) is 4. The predicted octanol–water partition coefficient (Wildman–Crippen LogP) is 9.97. The van der Waals surface area contributed by atoms with Crippen molar-refractivity contribution in [3.05, 3.63) is 109 Å². The minimum atomic E-state index is -4.99. The van der Waals surface area contributed by atoms with Crippen LogP contribution in [0.1, 0.15) is 170 Å².